The third-order valence-electron chi connectivity index (χ3n) is 5.09. The van der Waals surface area contributed by atoms with Crippen LogP contribution in [0.25, 0.3) is 11.5 Å². The van der Waals surface area contributed by atoms with Gasteiger partial charge in [0.15, 0.2) is 0 Å². The van der Waals surface area contributed by atoms with Crippen molar-refractivity contribution in [2.75, 3.05) is 38.7 Å². The van der Waals surface area contributed by atoms with Crippen molar-refractivity contribution in [1.82, 2.24) is 15.1 Å². The Hall–Kier alpha value is -2.57. The van der Waals surface area contributed by atoms with Crippen LogP contribution < -0.4 is 9.64 Å². The summed E-state index contributed by atoms with van der Waals surface area (Å²) in [6, 6.07) is 8.04. The molecule has 1 saturated heterocycles. The van der Waals surface area contributed by atoms with Crippen molar-refractivity contribution in [3.8, 4) is 17.2 Å². The molecule has 0 aliphatic carbocycles. The zero-order valence-corrected chi connectivity index (χ0v) is 16.4. The molecule has 2 aromatic rings. The first-order chi connectivity index (χ1) is 13.1. The number of methoxy groups -OCH3 is 1. The first-order valence-electron chi connectivity index (χ1n) is 9.60. The minimum Gasteiger partial charge on any atom is -0.497 e. The first kappa shape index (κ1) is 19.2. The Labute approximate surface area is 160 Å². The molecule has 1 aliphatic rings. The van der Waals surface area contributed by atoms with Gasteiger partial charge in [-0.15, -0.1) is 5.10 Å². The Morgan fingerprint density at radius 1 is 1.26 bits per heavy atom. The number of hydrogen-bond donors (Lipinski definition) is 0. The number of benzene rings is 1. The van der Waals surface area contributed by atoms with E-state index in [4.69, 9.17) is 9.15 Å². The van der Waals surface area contributed by atoms with Crippen LogP contribution in [0, 0.1) is 5.92 Å². The molecule has 0 saturated carbocycles. The van der Waals surface area contributed by atoms with E-state index in [1.54, 1.807) is 7.11 Å². The Morgan fingerprint density at radius 2 is 1.96 bits per heavy atom. The number of carbonyl (C=O) groups is 1. The molecule has 7 heteroatoms. The third-order valence-corrected chi connectivity index (χ3v) is 5.09. The highest BCUT2D eigenvalue weighted by Crippen LogP contribution is 2.27. The van der Waals surface area contributed by atoms with Crippen molar-refractivity contribution in [2.45, 2.75) is 32.6 Å². The highest BCUT2D eigenvalue weighted by Gasteiger charge is 2.29. The molecule has 1 aliphatic heterocycles. The van der Waals surface area contributed by atoms with E-state index in [2.05, 4.69) is 22.0 Å². The number of hydrogen-bond acceptors (Lipinski definition) is 6. The van der Waals surface area contributed by atoms with E-state index in [0.717, 1.165) is 56.6 Å². The molecule has 1 amide bonds. The van der Waals surface area contributed by atoms with Crippen molar-refractivity contribution in [3.05, 3.63) is 24.3 Å². The lowest BCUT2D eigenvalue weighted by Crippen LogP contribution is -2.41. The summed E-state index contributed by atoms with van der Waals surface area (Å²) in [6.07, 6.45) is 3.78. The lowest BCUT2D eigenvalue weighted by atomic mass is 9.95. The second-order valence-electron chi connectivity index (χ2n) is 6.99. The molecule has 7 nitrogen and oxygen atoms in total. The molecule has 0 atom stereocenters. The summed E-state index contributed by atoms with van der Waals surface area (Å²) in [7, 11) is 3.54. The van der Waals surface area contributed by atoms with Crippen molar-refractivity contribution in [2.24, 2.45) is 5.92 Å². The first-order valence-corrected chi connectivity index (χ1v) is 9.60. The maximum atomic E-state index is 12.5. The number of unbranched alkanes of at least 4 members (excludes halogenated alkanes) is 1. The molecule has 1 aromatic carbocycles. The van der Waals surface area contributed by atoms with Gasteiger partial charge in [0, 0.05) is 38.2 Å². The van der Waals surface area contributed by atoms with Crippen LogP contribution in [0.3, 0.4) is 0 Å². The van der Waals surface area contributed by atoms with Crippen molar-refractivity contribution < 1.29 is 13.9 Å². The molecule has 2 heterocycles. The van der Waals surface area contributed by atoms with E-state index in [1.165, 1.54) is 0 Å². The molecule has 0 spiro atoms. The zero-order chi connectivity index (χ0) is 19.2. The lowest BCUT2D eigenvalue weighted by Gasteiger charge is -2.32. The number of rotatable bonds is 7. The van der Waals surface area contributed by atoms with Gasteiger partial charge in [-0.05, 0) is 43.5 Å². The standard InChI is InChI=1S/C20H28N4O3/c1-4-5-12-23(2)19(25)16-10-13-24(14-11-16)20-22-21-18(27-20)15-6-8-17(26-3)9-7-15/h6-9,16H,4-5,10-14H2,1-3H3. The van der Waals surface area contributed by atoms with Crippen molar-refractivity contribution in [1.29, 1.82) is 0 Å². The summed E-state index contributed by atoms with van der Waals surface area (Å²) in [6.45, 7) is 4.48. The number of nitrogens with zero attached hydrogens (tertiary/aromatic N) is 4. The fourth-order valence-electron chi connectivity index (χ4n) is 3.33. The SMILES string of the molecule is CCCCN(C)C(=O)C1CCN(c2nnc(-c3ccc(OC)cc3)o2)CC1. The van der Waals surface area contributed by atoms with Crippen LogP contribution in [0.1, 0.15) is 32.6 Å². The highest BCUT2D eigenvalue weighted by molar-refractivity contribution is 5.78. The normalized spacial score (nSPS) is 15.0. The average molecular weight is 372 g/mol. The molecule has 1 aromatic heterocycles. The van der Waals surface area contributed by atoms with Crippen LogP contribution in [0.15, 0.2) is 28.7 Å². The summed E-state index contributed by atoms with van der Waals surface area (Å²) in [5.74, 6) is 1.62. The summed E-state index contributed by atoms with van der Waals surface area (Å²) >= 11 is 0. The molecule has 1 fully saturated rings. The van der Waals surface area contributed by atoms with Crippen LogP contribution in [-0.2, 0) is 4.79 Å². The van der Waals surface area contributed by atoms with Crippen molar-refractivity contribution in [3.63, 3.8) is 0 Å². The fraction of sp³-hybridized carbons (Fsp3) is 0.550. The van der Waals surface area contributed by atoms with Crippen LogP contribution in [0.4, 0.5) is 6.01 Å². The smallest absolute Gasteiger partial charge is 0.318 e. The molecule has 0 bridgehead atoms. The minimum atomic E-state index is 0.0899. The number of piperidine rings is 1. The summed E-state index contributed by atoms with van der Waals surface area (Å²) in [5, 5.41) is 8.35. The van der Waals surface area contributed by atoms with Crippen LogP contribution in [0.5, 0.6) is 5.75 Å². The predicted molar refractivity (Wildman–Crippen MR) is 104 cm³/mol. The number of carbonyl (C=O) groups excluding carboxylic acids is 1. The van der Waals surface area contributed by atoms with Gasteiger partial charge in [-0.25, -0.2) is 0 Å². The lowest BCUT2D eigenvalue weighted by molar-refractivity contribution is -0.134. The molecule has 27 heavy (non-hydrogen) atoms. The Kier molecular flexibility index (Phi) is 6.32. The van der Waals surface area contributed by atoms with Gasteiger partial charge >= 0.3 is 6.01 Å². The van der Waals surface area contributed by atoms with E-state index >= 15 is 0 Å². The second kappa shape index (κ2) is 8.88. The minimum absolute atomic E-state index is 0.0899. The Bertz CT molecular complexity index is 736. The molecule has 3 rings (SSSR count). The quantitative estimate of drug-likeness (QED) is 0.743. The van der Waals surface area contributed by atoms with Gasteiger partial charge in [-0.2, -0.15) is 0 Å². The van der Waals surface area contributed by atoms with E-state index < -0.39 is 0 Å². The van der Waals surface area contributed by atoms with E-state index in [9.17, 15) is 4.79 Å². The predicted octanol–water partition coefficient (Wildman–Crippen LogP) is 3.22. The number of ether oxygens (including phenoxy) is 1. The van der Waals surface area contributed by atoms with Gasteiger partial charge in [-0.1, -0.05) is 18.4 Å². The summed E-state index contributed by atoms with van der Waals surface area (Å²) in [5.41, 5.74) is 0.858. The highest BCUT2D eigenvalue weighted by atomic mass is 16.5. The molecule has 146 valence electrons. The third kappa shape index (κ3) is 4.59. The van der Waals surface area contributed by atoms with Gasteiger partial charge in [0.1, 0.15) is 5.75 Å². The van der Waals surface area contributed by atoms with Crippen molar-refractivity contribution >= 4 is 11.9 Å². The number of anilines is 1. The van der Waals surface area contributed by atoms with E-state index in [0.29, 0.717) is 11.9 Å². The number of amides is 1. The largest absolute Gasteiger partial charge is 0.497 e. The van der Waals surface area contributed by atoms with Crippen LogP contribution >= 0.6 is 0 Å². The number of aromatic nitrogens is 2. The topological polar surface area (TPSA) is 71.7 Å². The Morgan fingerprint density at radius 3 is 2.59 bits per heavy atom. The fourth-order valence-corrected chi connectivity index (χ4v) is 3.33. The van der Waals surface area contributed by atoms with Gasteiger partial charge in [0.05, 0.1) is 7.11 Å². The molecule has 0 unspecified atom stereocenters. The maximum Gasteiger partial charge on any atom is 0.318 e. The van der Waals surface area contributed by atoms with E-state index in [-0.39, 0.29) is 11.8 Å². The van der Waals surface area contributed by atoms with Gasteiger partial charge in [0.25, 0.3) is 0 Å². The molecular formula is C20H28N4O3. The van der Waals surface area contributed by atoms with Gasteiger partial charge < -0.3 is 19.0 Å². The molecule has 0 radical (unpaired) electrons. The molecular weight excluding hydrogens is 344 g/mol. The van der Waals surface area contributed by atoms with Crippen LogP contribution in [0.2, 0.25) is 0 Å². The monoisotopic (exact) mass is 372 g/mol. The zero-order valence-electron chi connectivity index (χ0n) is 16.4. The Balaban J connectivity index is 1.57. The summed E-state index contributed by atoms with van der Waals surface area (Å²) in [4.78, 5) is 16.5. The van der Waals surface area contributed by atoms with Crippen LogP contribution in [-0.4, -0.2) is 54.8 Å². The average Bonchev–Trinajstić information content (AvgIpc) is 3.22. The van der Waals surface area contributed by atoms with Gasteiger partial charge in [-0.3, -0.25) is 4.79 Å². The van der Waals surface area contributed by atoms with E-state index in [1.807, 2.05) is 36.2 Å². The molecule has 0 N–H and O–H groups in total. The second-order valence-corrected chi connectivity index (χ2v) is 6.99. The van der Waals surface area contributed by atoms with Gasteiger partial charge in [0.2, 0.25) is 11.8 Å². The summed E-state index contributed by atoms with van der Waals surface area (Å²) < 4.78 is 11.0. The maximum absolute atomic E-state index is 12.5.